The molecule has 2 aromatic heterocycles. The molecule has 0 aliphatic rings. The van der Waals surface area contributed by atoms with Gasteiger partial charge in [0, 0.05) is 12.6 Å². The zero-order valence-electron chi connectivity index (χ0n) is 13.5. The molecule has 3 aromatic rings. The lowest BCUT2D eigenvalue weighted by molar-refractivity contribution is 0.0686. The van der Waals surface area contributed by atoms with Crippen molar-refractivity contribution < 1.29 is 19.4 Å². The smallest absolute Gasteiger partial charge is 0.356 e. The molecule has 0 unspecified atom stereocenters. The number of nitrogens with one attached hydrogen (secondary N) is 2. The summed E-state index contributed by atoms with van der Waals surface area (Å²) < 4.78 is 6.34. The van der Waals surface area contributed by atoms with E-state index in [1.54, 1.807) is 25.3 Å². The Morgan fingerprint density at radius 1 is 1.32 bits per heavy atom. The SMILES string of the molecule is COc1cccc(-c2cc(C(=O)Nc3cnn(C)c3C(=O)O)[nH]n2)c1. The highest BCUT2D eigenvalue weighted by molar-refractivity contribution is 6.06. The number of rotatable bonds is 5. The number of carboxylic acids is 1. The molecule has 0 bridgehead atoms. The van der Waals surface area contributed by atoms with Crippen molar-refractivity contribution in [3.63, 3.8) is 0 Å². The van der Waals surface area contributed by atoms with Gasteiger partial charge in [0.1, 0.15) is 11.4 Å². The number of carbonyl (C=O) groups is 2. The molecule has 3 rings (SSSR count). The summed E-state index contributed by atoms with van der Waals surface area (Å²) in [5.41, 5.74) is 1.53. The normalized spacial score (nSPS) is 10.5. The van der Waals surface area contributed by atoms with Crippen LogP contribution < -0.4 is 10.1 Å². The summed E-state index contributed by atoms with van der Waals surface area (Å²) in [6, 6.07) is 8.82. The Labute approximate surface area is 142 Å². The van der Waals surface area contributed by atoms with E-state index in [4.69, 9.17) is 4.74 Å². The molecule has 3 N–H and O–H groups in total. The molecule has 128 valence electrons. The van der Waals surface area contributed by atoms with Gasteiger partial charge in [-0.3, -0.25) is 14.6 Å². The van der Waals surface area contributed by atoms with Crippen LogP contribution in [0.15, 0.2) is 36.5 Å². The number of hydrogen-bond donors (Lipinski definition) is 3. The first-order chi connectivity index (χ1) is 12.0. The van der Waals surface area contributed by atoms with Gasteiger partial charge in [-0.1, -0.05) is 12.1 Å². The predicted molar refractivity (Wildman–Crippen MR) is 88.7 cm³/mol. The number of hydrogen-bond acceptors (Lipinski definition) is 5. The lowest BCUT2D eigenvalue weighted by Gasteiger charge is -2.03. The van der Waals surface area contributed by atoms with Gasteiger partial charge >= 0.3 is 5.97 Å². The van der Waals surface area contributed by atoms with Crippen molar-refractivity contribution in [2.45, 2.75) is 0 Å². The van der Waals surface area contributed by atoms with Gasteiger partial charge in [-0.2, -0.15) is 10.2 Å². The molecule has 0 radical (unpaired) electrons. The Bertz CT molecular complexity index is 944. The van der Waals surface area contributed by atoms with Crippen molar-refractivity contribution in [3.05, 3.63) is 47.9 Å². The summed E-state index contributed by atoms with van der Waals surface area (Å²) >= 11 is 0. The molecule has 9 heteroatoms. The number of amides is 1. The molecule has 1 amide bonds. The molecule has 0 fully saturated rings. The van der Waals surface area contributed by atoms with Crippen molar-refractivity contribution in [2.24, 2.45) is 7.05 Å². The summed E-state index contributed by atoms with van der Waals surface area (Å²) in [4.78, 5) is 23.6. The Balaban J connectivity index is 1.83. The second kappa shape index (κ2) is 6.48. The van der Waals surface area contributed by atoms with Crippen LogP contribution >= 0.6 is 0 Å². The minimum absolute atomic E-state index is 0.109. The maximum absolute atomic E-state index is 12.3. The van der Waals surface area contributed by atoms with Crippen LogP contribution in [0.4, 0.5) is 5.69 Å². The lowest BCUT2D eigenvalue weighted by Crippen LogP contribution is -2.15. The van der Waals surface area contributed by atoms with Crippen LogP contribution in [0.2, 0.25) is 0 Å². The molecule has 1 aromatic carbocycles. The van der Waals surface area contributed by atoms with E-state index in [0.29, 0.717) is 11.4 Å². The number of aromatic amines is 1. The van der Waals surface area contributed by atoms with Crippen LogP contribution in [-0.4, -0.2) is 44.1 Å². The van der Waals surface area contributed by atoms with Gasteiger partial charge in [-0.05, 0) is 18.2 Å². The van der Waals surface area contributed by atoms with Crippen molar-refractivity contribution in [1.82, 2.24) is 20.0 Å². The Morgan fingerprint density at radius 3 is 2.84 bits per heavy atom. The highest BCUT2D eigenvalue weighted by Crippen LogP contribution is 2.23. The third-order valence-corrected chi connectivity index (χ3v) is 3.58. The summed E-state index contributed by atoms with van der Waals surface area (Å²) in [6.45, 7) is 0. The van der Waals surface area contributed by atoms with E-state index >= 15 is 0 Å². The first kappa shape index (κ1) is 16.2. The summed E-state index contributed by atoms with van der Waals surface area (Å²) in [5, 5.41) is 22.3. The number of aryl methyl sites for hydroxylation is 1. The van der Waals surface area contributed by atoms with Crippen molar-refractivity contribution in [2.75, 3.05) is 12.4 Å². The zero-order chi connectivity index (χ0) is 18.0. The minimum Gasteiger partial charge on any atom is -0.497 e. The topological polar surface area (TPSA) is 122 Å². The van der Waals surface area contributed by atoms with Crippen LogP contribution in [0.25, 0.3) is 11.3 Å². The molecule has 0 saturated carbocycles. The molecule has 0 atom stereocenters. The van der Waals surface area contributed by atoms with E-state index in [1.165, 1.54) is 17.9 Å². The average molecular weight is 341 g/mol. The van der Waals surface area contributed by atoms with Crippen molar-refractivity contribution in [1.29, 1.82) is 0 Å². The summed E-state index contributed by atoms with van der Waals surface area (Å²) in [7, 11) is 3.05. The highest BCUT2D eigenvalue weighted by Gasteiger charge is 2.19. The molecule has 9 nitrogen and oxygen atoms in total. The van der Waals surface area contributed by atoms with Gasteiger partial charge in [-0.25, -0.2) is 4.79 Å². The molecule has 2 heterocycles. The molecule has 0 aliphatic heterocycles. The number of methoxy groups -OCH3 is 1. The Hall–Kier alpha value is -3.62. The molecular weight excluding hydrogens is 326 g/mol. The molecular formula is C16H15N5O4. The monoisotopic (exact) mass is 341 g/mol. The van der Waals surface area contributed by atoms with Gasteiger partial charge in [0.05, 0.1) is 24.7 Å². The van der Waals surface area contributed by atoms with Gasteiger partial charge in [0.15, 0.2) is 5.69 Å². The second-order valence-electron chi connectivity index (χ2n) is 5.19. The number of anilines is 1. The Morgan fingerprint density at radius 2 is 2.12 bits per heavy atom. The first-order valence-corrected chi connectivity index (χ1v) is 7.26. The van der Waals surface area contributed by atoms with E-state index in [2.05, 4.69) is 20.6 Å². The van der Waals surface area contributed by atoms with E-state index in [1.807, 2.05) is 12.1 Å². The largest absolute Gasteiger partial charge is 0.497 e. The van der Waals surface area contributed by atoms with E-state index in [0.717, 1.165) is 5.56 Å². The fourth-order valence-electron chi connectivity index (χ4n) is 2.34. The fourth-order valence-corrected chi connectivity index (χ4v) is 2.34. The third-order valence-electron chi connectivity index (χ3n) is 3.58. The first-order valence-electron chi connectivity index (χ1n) is 7.26. The zero-order valence-corrected chi connectivity index (χ0v) is 13.5. The van der Waals surface area contributed by atoms with E-state index in [9.17, 15) is 14.7 Å². The fraction of sp³-hybridized carbons (Fsp3) is 0.125. The van der Waals surface area contributed by atoms with Crippen molar-refractivity contribution in [3.8, 4) is 17.0 Å². The van der Waals surface area contributed by atoms with Gasteiger partial charge < -0.3 is 15.2 Å². The number of nitrogens with zero attached hydrogens (tertiary/aromatic N) is 3. The van der Waals surface area contributed by atoms with Crippen LogP contribution in [0.5, 0.6) is 5.75 Å². The second-order valence-corrected chi connectivity index (χ2v) is 5.19. The van der Waals surface area contributed by atoms with Crippen LogP contribution in [0.1, 0.15) is 21.0 Å². The number of carboxylic acid groups (broad SMARTS) is 1. The number of ether oxygens (including phenoxy) is 1. The number of carbonyl (C=O) groups excluding carboxylic acids is 1. The molecule has 0 spiro atoms. The molecule has 0 aliphatic carbocycles. The summed E-state index contributed by atoms with van der Waals surface area (Å²) in [5.74, 6) is -1.03. The standard InChI is InChI=1S/C16H15N5O4/c1-21-14(16(23)24)13(8-17-21)18-15(22)12-7-11(19-20-12)9-4-3-5-10(6-9)25-2/h3-8H,1-2H3,(H,18,22)(H,19,20)(H,23,24). The molecule has 0 saturated heterocycles. The lowest BCUT2D eigenvalue weighted by atomic mass is 10.1. The van der Waals surface area contributed by atoms with Gasteiger partial charge in [0.2, 0.25) is 0 Å². The quantitative estimate of drug-likeness (QED) is 0.650. The van der Waals surface area contributed by atoms with E-state index < -0.39 is 11.9 Å². The maximum Gasteiger partial charge on any atom is 0.356 e. The number of aromatic carboxylic acids is 1. The van der Waals surface area contributed by atoms with E-state index in [-0.39, 0.29) is 17.1 Å². The highest BCUT2D eigenvalue weighted by atomic mass is 16.5. The summed E-state index contributed by atoms with van der Waals surface area (Å²) in [6.07, 6.45) is 1.28. The minimum atomic E-state index is -1.18. The number of aromatic nitrogens is 4. The van der Waals surface area contributed by atoms with Crippen LogP contribution in [-0.2, 0) is 7.05 Å². The maximum atomic E-state index is 12.3. The third kappa shape index (κ3) is 3.20. The van der Waals surface area contributed by atoms with Crippen LogP contribution in [0.3, 0.4) is 0 Å². The van der Waals surface area contributed by atoms with Gasteiger partial charge in [-0.15, -0.1) is 0 Å². The number of benzene rings is 1. The van der Waals surface area contributed by atoms with Crippen LogP contribution in [0, 0.1) is 0 Å². The predicted octanol–water partition coefficient (Wildman–Crippen LogP) is 1.77. The van der Waals surface area contributed by atoms with Crippen molar-refractivity contribution >= 4 is 17.6 Å². The number of H-pyrrole nitrogens is 1. The Kier molecular flexibility index (Phi) is 4.21. The van der Waals surface area contributed by atoms with Gasteiger partial charge in [0.25, 0.3) is 5.91 Å². The average Bonchev–Trinajstić information content (AvgIpc) is 3.22. The molecule has 25 heavy (non-hydrogen) atoms.